The van der Waals surface area contributed by atoms with E-state index in [0.717, 1.165) is 0 Å². The third-order valence-electron chi connectivity index (χ3n) is 1.92. The lowest BCUT2D eigenvalue weighted by Gasteiger charge is -2.18. The summed E-state index contributed by atoms with van der Waals surface area (Å²) in [4.78, 5) is 9.76. The third-order valence-corrected chi connectivity index (χ3v) is 1.92. The highest BCUT2D eigenvalue weighted by Gasteiger charge is 2.19. The minimum absolute atomic E-state index is 0.307. The zero-order chi connectivity index (χ0) is 10.9. The predicted octanol–water partition coefficient (Wildman–Crippen LogP) is 1.49. The Hall–Kier alpha value is -1.62. The Kier molecular flexibility index (Phi) is 2.44. The molecule has 3 N–H and O–H groups in total. The number of nitrogens with two attached hydrogens (primary N) is 1. The van der Waals surface area contributed by atoms with E-state index in [1.807, 2.05) is 0 Å². The monoisotopic (exact) mass is 196 g/mol. The van der Waals surface area contributed by atoms with E-state index in [9.17, 15) is 15.2 Å². The van der Waals surface area contributed by atoms with E-state index in [1.165, 1.54) is 18.2 Å². The molecule has 0 heterocycles. The number of nitrogens with zero attached hydrogens (tertiary/aromatic N) is 1. The van der Waals surface area contributed by atoms with Crippen LogP contribution in [0, 0.1) is 10.1 Å². The van der Waals surface area contributed by atoms with E-state index in [1.54, 1.807) is 13.8 Å². The first-order chi connectivity index (χ1) is 6.32. The lowest BCUT2D eigenvalue weighted by Crippen LogP contribution is -2.28. The first-order valence-corrected chi connectivity index (χ1v) is 4.09. The van der Waals surface area contributed by atoms with Gasteiger partial charge in [-0.15, -0.1) is 0 Å². The normalized spacial score (nSPS) is 11.4. The number of aromatic hydroxyl groups is 1. The standard InChI is InChI=1S/C9H12N2O3/c1-9(2,10)6-3-4-7(11(13)14)8(12)5-6/h3-5,12H,10H2,1-2H3. The van der Waals surface area contributed by atoms with Crippen LogP contribution in [0.1, 0.15) is 19.4 Å². The maximum atomic E-state index is 10.4. The smallest absolute Gasteiger partial charge is 0.310 e. The number of hydrogen-bond acceptors (Lipinski definition) is 4. The van der Waals surface area contributed by atoms with E-state index in [2.05, 4.69) is 0 Å². The summed E-state index contributed by atoms with van der Waals surface area (Å²) in [6, 6.07) is 4.11. The Morgan fingerprint density at radius 1 is 1.50 bits per heavy atom. The first-order valence-electron chi connectivity index (χ1n) is 4.09. The van der Waals surface area contributed by atoms with Crippen molar-refractivity contribution in [1.82, 2.24) is 0 Å². The van der Waals surface area contributed by atoms with Gasteiger partial charge in [-0.1, -0.05) is 6.07 Å². The van der Waals surface area contributed by atoms with Gasteiger partial charge in [0.05, 0.1) is 4.92 Å². The molecule has 14 heavy (non-hydrogen) atoms. The predicted molar refractivity (Wildman–Crippen MR) is 52.0 cm³/mol. The molecule has 0 unspecified atom stereocenters. The molecule has 1 aromatic carbocycles. The van der Waals surface area contributed by atoms with Gasteiger partial charge in [0, 0.05) is 11.6 Å². The molecule has 5 nitrogen and oxygen atoms in total. The zero-order valence-electron chi connectivity index (χ0n) is 8.02. The Morgan fingerprint density at radius 3 is 2.43 bits per heavy atom. The average Bonchev–Trinajstić information content (AvgIpc) is 2.01. The molecule has 0 saturated heterocycles. The van der Waals surface area contributed by atoms with Gasteiger partial charge in [0.25, 0.3) is 0 Å². The van der Waals surface area contributed by atoms with Gasteiger partial charge < -0.3 is 10.8 Å². The molecule has 0 aromatic heterocycles. The molecular formula is C9H12N2O3. The molecule has 0 fully saturated rings. The first kappa shape index (κ1) is 10.5. The summed E-state index contributed by atoms with van der Waals surface area (Å²) >= 11 is 0. The fourth-order valence-corrected chi connectivity index (χ4v) is 1.08. The second-order valence-electron chi connectivity index (χ2n) is 3.68. The Balaban J connectivity index is 3.20. The number of phenols is 1. The average molecular weight is 196 g/mol. The molecule has 0 radical (unpaired) electrons. The molecule has 0 amide bonds. The molecule has 1 aromatic rings. The summed E-state index contributed by atoms with van der Waals surface area (Å²) in [5, 5.41) is 19.7. The molecule has 0 aliphatic carbocycles. The quantitative estimate of drug-likeness (QED) is 0.554. The van der Waals surface area contributed by atoms with E-state index in [-0.39, 0.29) is 11.4 Å². The van der Waals surface area contributed by atoms with Crippen molar-refractivity contribution in [1.29, 1.82) is 0 Å². The van der Waals surface area contributed by atoms with Crippen molar-refractivity contribution in [3.05, 3.63) is 33.9 Å². The van der Waals surface area contributed by atoms with Crippen molar-refractivity contribution < 1.29 is 10.0 Å². The van der Waals surface area contributed by atoms with Crippen molar-refractivity contribution >= 4 is 5.69 Å². The molecule has 0 spiro atoms. The SMILES string of the molecule is CC(C)(N)c1ccc([N+](=O)[O-])c(O)c1. The van der Waals surface area contributed by atoms with Gasteiger partial charge in [-0.2, -0.15) is 0 Å². The van der Waals surface area contributed by atoms with E-state index in [0.29, 0.717) is 5.56 Å². The van der Waals surface area contributed by atoms with Crippen LogP contribution in [0.3, 0.4) is 0 Å². The van der Waals surface area contributed by atoms with Crippen molar-refractivity contribution in [3.8, 4) is 5.75 Å². The minimum atomic E-state index is -0.636. The van der Waals surface area contributed by atoms with Crippen LogP contribution in [0.25, 0.3) is 0 Å². The number of hydrogen-bond donors (Lipinski definition) is 2. The summed E-state index contributed by atoms with van der Waals surface area (Å²) in [5.41, 5.74) is 5.50. The lowest BCUT2D eigenvalue weighted by molar-refractivity contribution is -0.385. The van der Waals surface area contributed by atoms with Crippen LogP contribution < -0.4 is 5.73 Å². The number of nitro groups is 1. The highest BCUT2D eigenvalue weighted by Crippen LogP contribution is 2.29. The summed E-state index contributed by atoms with van der Waals surface area (Å²) in [7, 11) is 0. The second-order valence-corrected chi connectivity index (χ2v) is 3.68. The van der Waals surface area contributed by atoms with Crippen LogP contribution in [0.15, 0.2) is 18.2 Å². The van der Waals surface area contributed by atoms with E-state index >= 15 is 0 Å². The largest absolute Gasteiger partial charge is 0.502 e. The van der Waals surface area contributed by atoms with E-state index in [4.69, 9.17) is 5.73 Å². The fourth-order valence-electron chi connectivity index (χ4n) is 1.08. The van der Waals surface area contributed by atoms with Crippen LogP contribution in [0.5, 0.6) is 5.75 Å². The molecule has 0 bridgehead atoms. The number of rotatable bonds is 2. The van der Waals surface area contributed by atoms with Gasteiger partial charge in [0.1, 0.15) is 0 Å². The molecule has 0 aliphatic heterocycles. The lowest BCUT2D eigenvalue weighted by atomic mass is 9.95. The van der Waals surface area contributed by atoms with Gasteiger partial charge in [-0.3, -0.25) is 10.1 Å². The summed E-state index contributed by atoms with van der Waals surface area (Å²) in [6.45, 7) is 3.52. The van der Waals surface area contributed by atoms with Crippen LogP contribution in [-0.2, 0) is 5.54 Å². The van der Waals surface area contributed by atoms with Crippen molar-refractivity contribution in [2.75, 3.05) is 0 Å². The molecule has 0 atom stereocenters. The fraction of sp³-hybridized carbons (Fsp3) is 0.333. The van der Waals surface area contributed by atoms with Gasteiger partial charge in [0.2, 0.25) is 0 Å². The van der Waals surface area contributed by atoms with Gasteiger partial charge in [0.15, 0.2) is 5.75 Å². The van der Waals surface area contributed by atoms with Crippen LogP contribution in [0.4, 0.5) is 5.69 Å². The van der Waals surface area contributed by atoms with Gasteiger partial charge >= 0.3 is 5.69 Å². The summed E-state index contributed by atoms with van der Waals surface area (Å²) in [5.74, 6) is -0.356. The minimum Gasteiger partial charge on any atom is -0.502 e. The topological polar surface area (TPSA) is 89.4 Å². The molecular weight excluding hydrogens is 184 g/mol. The number of benzene rings is 1. The second kappa shape index (κ2) is 3.26. The maximum absolute atomic E-state index is 10.4. The highest BCUT2D eigenvalue weighted by molar-refractivity contribution is 5.48. The van der Waals surface area contributed by atoms with Gasteiger partial charge in [-0.05, 0) is 25.5 Å². The summed E-state index contributed by atoms with van der Waals surface area (Å²) < 4.78 is 0. The highest BCUT2D eigenvalue weighted by atomic mass is 16.6. The zero-order valence-corrected chi connectivity index (χ0v) is 8.02. The molecule has 5 heteroatoms. The van der Waals surface area contributed by atoms with Crippen molar-refractivity contribution in [2.45, 2.75) is 19.4 Å². The molecule has 0 saturated carbocycles. The van der Waals surface area contributed by atoms with E-state index < -0.39 is 10.5 Å². The number of phenolic OH excluding ortho intramolecular Hbond substituents is 1. The summed E-state index contributed by atoms with van der Waals surface area (Å²) in [6.07, 6.45) is 0. The van der Waals surface area contributed by atoms with Crippen molar-refractivity contribution in [2.24, 2.45) is 5.73 Å². The van der Waals surface area contributed by atoms with Crippen LogP contribution in [0.2, 0.25) is 0 Å². The van der Waals surface area contributed by atoms with Gasteiger partial charge in [-0.25, -0.2) is 0 Å². The number of nitro benzene ring substituents is 1. The Morgan fingerprint density at radius 2 is 2.07 bits per heavy atom. The van der Waals surface area contributed by atoms with Crippen molar-refractivity contribution in [3.63, 3.8) is 0 Å². The Labute approximate surface area is 81.3 Å². The molecule has 0 aliphatic rings. The third kappa shape index (κ3) is 2.00. The van der Waals surface area contributed by atoms with Crippen LogP contribution >= 0.6 is 0 Å². The van der Waals surface area contributed by atoms with Crippen LogP contribution in [-0.4, -0.2) is 10.0 Å². The maximum Gasteiger partial charge on any atom is 0.310 e. The Bertz CT molecular complexity index is 369. The molecule has 1 rings (SSSR count). The molecule has 76 valence electrons.